The first-order valence-corrected chi connectivity index (χ1v) is 10.3. The van der Waals surface area contributed by atoms with Gasteiger partial charge in [0.15, 0.2) is 17.3 Å². The topological polar surface area (TPSA) is 70.8 Å². The summed E-state index contributed by atoms with van der Waals surface area (Å²) in [6.07, 6.45) is 4.90. The molecule has 31 heavy (non-hydrogen) atoms. The molecule has 6 nitrogen and oxygen atoms in total. The molecular weight excluding hydrogens is 394 g/mol. The van der Waals surface area contributed by atoms with Gasteiger partial charge in [0.05, 0.1) is 31.6 Å². The summed E-state index contributed by atoms with van der Waals surface area (Å²) in [5, 5.41) is 0. The van der Waals surface area contributed by atoms with Crippen LogP contribution in [0.5, 0.6) is 17.2 Å². The lowest BCUT2D eigenvalue weighted by Gasteiger charge is -2.10. The molecule has 162 valence electrons. The van der Waals surface area contributed by atoms with Crippen molar-refractivity contribution in [1.29, 1.82) is 0 Å². The number of aromatic nitrogens is 1. The Morgan fingerprint density at radius 1 is 1.13 bits per heavy atom. The number of ketones is 1. The van der Waals surface area contributed by atoms with E-state index < -0.39 is 0 Å². The van der Waals surface area contributed by atoms with E-state index in [0.717, 1.165) is 12.0 Å². The van der Waals surface area contributed by atoms with Gasteiger partial charge in [0, 0.05) is 18.4 Å². The minimum absolute atomic E-state index is 0.0101. The van der Waals surface area contributed by atoms with E-state index in [9.17, 15) is 4.79 Å². The first-order chi connectivity index (χ1) is 15.2. The molecule has 0 N–H and O–H groups in total. The molecule has 0 amide bonds. The normalized spacial score (nSPS) is 10.5. The molecule has 3 aromatic rings. The molecular formula is C25H27NO5. The molecule has 1 heterocycles. The van der Waals surface area contributed by atoms with Crippen LogP contribution in [0, 0.1) is 0 Å². The molecule has 3 rings (SSSR count). The molecule has 0 saturated heterocycles. The third-order valence-corrected chi connectivity index (χ3v) is 4.64. The molecule has 0 spiro atoms. The average molecular weight is 421 g/mol. The molecule has 0 fully saturated rings. The van der Waals surface area contributed by atoms with Gasteiger partial charge < -0.3 is 18.6 Å². The van der Waals surface area contributed by atoms with E-state index in [1.165, 1.54) is 0 Å². The van der Waals surface area contributed by atoms with Crippen molar-refractivity contribution >= 4 is 5.78 Å². The fraction of sp³-hybridized carbons (Fsp3) is 0.280. The van der Waals surface area contributed by atoms with E-state index in [0.29, 0.717) is 60.5 Å². The van der Waals surface area contributed by atoms with Crippen LogP contribution in [0.2, 0.25) is 0 Å². The summed E-state index contributed by atoms with van der Waals surface area (Å²) >= 11 is 0. The SMILES string of the molecule is C=CCCOc1cc(-c2nc(CCC(=O)c3ccccc3OCC)co2)ccc1OC. The van der Waals surface area contributed by atoms with E-state index in [1.54, 1.807) is 25.5 Å². The lowest BCUT2D eigenvalue weighted by Crippen LogP contribution is -2.05. The summed E-state index contributed by atoms with van der Waals surface area (Å²) in [4.78, 5) is 17.2. The number of Topliss-reactive ketones (excluding diaryl/α,β-unsaturated/α-hetero) is 1. The van der Waals surface area contributed by atoms with Crippen LogP contribution in [0.25, 0.3) is 11.5 Å². The van der Waals surface area contributed by atoms with Gasteiger partial charge in [-0.1, -0.05) is 18.2 Å². The highest BCUT2D eigenvalue weighted by molar-refractivity contribution is 5.98. The molecule has 0 aliphatic heterocycles. The number of methoxy groups -OCH3 is 1. The molecule has 0 unspecified atom stereocenters. The number of hydrogen-bond donors (Lipinski definition) is 0. The van der Waals surface area contributed by atoms with Crippen molar-refractivity contribution in [2.75, 3.05) is 20.3 Å². The van der Waals surface area contributed by atoms with Gasteiger partial charge in [-0.25, -0.2) is 4.98 Å². The van der Waals surface area contributed by atoms with Crippen molar-refractivity contribution in [2.24, 2.45) is 0 Å². The molecule has 0 aliphatic carbocycles. The van der Waals surface area contributed by atoms with Gasteiger partial charge in [0.1, 0.15) is 12.0 Å². The molecule has 0 radical (unpaired) electrons. The molecule has 0 saturated carbocycles. The highest BCUT2D eigenvalue weighted by atomic mass is 16.5. The second-order valence-corrected chi connectivity index (χ2v) is 6.79. The third-order valence-electron chi connectivity index (χ3n) is 4.64. The number of carbonyl (C=O) groups excluding carboxylic acids is 1. The summed E-state index contributed by atoms with van der Waals surface area (Å²) in [5.41, 5.74) is 2.07. The van der Waals surface area contributed by atoms with Crippen molar-refractivity contribution in [2.45, 2.75) is 26.2 Å². The Balaban J connectivity index is 1.68. The number of carbonyl (C=O) groups is 1. The van der Waals surface area contributed by atoms with Crippen molar-refractivity contribution in [3.63, 3.8) is 0 Å². The number of oxazole rings is 1. The molecule has 1 aromatic heterocycles. The second-order valence-electron chi connectivity index (χ2n) is 6.79. The van der Waals surface area contributed by atoms with Crippen LogP contribution < -0.4 is 14.2 Å². The molecule has 2 aromatic carbocycles. The summed E-state index contributed by atoms with van der Waals surface area (Å²) in [6.45, 7) is 6.61. The first-order valence-electron chi connectivity index (χ1n) is 10.3. The van der Waals surface area contributed by atoms with Gasteiger partial charge >= 0.3 is 0 Å². The van der Waals surface area contributed by atoms with E-state index in [2.05, 4.69) is 11.6 Å². The number of ether oxygens (including phenoxy) is 3. The Hall–Kier alpha value is -3.54. The molecule has 0 atom stereocenters. The summed E-state index contributed by atoms with van der Waals surface area (Å²) < 4.78 is 22.3. The first kappa shape index (κ1) is 22.2. The lowest BCUT2D eigenvalue weighted by atomic mass is 10.0. The smallest absolute Gasteiger partial charge is 0.226 e. The van der Waals surface area contributed by atoms with Crippen LogP contribution in [-0.2, 0) is 6.42 Å². The van der Waals surface area contributed by atoms with Crippen LogP contribution in [0.1, 0.15) is 35.8 Å². The predicted molar refractivity (Wildman–Crippen MR) is 119 cm³/mol. The number of benzene rings is 2. The fourth-order valence-electron chi connectivity index (χ4n) is 3.08. The Kier molecular flexibility index (Phi) is 7.87. The van der Waals surface area contributed by atoms with Crippen molar-refractivity contribution in [1.82, 2.24) is 4.98 Å². The van der Waals surface area contributed by atoms with Crippen LogP contribution in [-0.4, -0.2) is 31.1 Å². The summed E-state index contributed by atoms with van der Waals surface area (Å²) in [6, 6.07) is 12.8. The van der Waals surface area contributed by atoms with Crippen LogP contribution >= 0.6 is 0 Å². The van der Waals surface area contributed by atoms with Gasteiger partial charge in [-0.15, -0.1) is 6.58 Å². The predicted octanol–water partition coefficient (Wildman–Crippen LogP) is 5.52. The monoisotopic (exact) mass is 421 g/mol. The maximum atomic E-state index is 12.7. The van der Waals surface area contributed by atoms with E-state index in [1.807, 2.05) is 43.3 Å². The average Bonchev–Trinajstić information content (AvgIpc) is 3.27. The standard InChI is InChI=1S/C25H27NO5/c1-4-6-15-30-24-16-18(11-14-23(24)28-3)25-26-19(17-31-25)12-13-21(27)20-9-7-8-10-22(20)29-5-2/h4,7-11,14,16-17H,1,5-6,12-13,15H2,2-3H3. The van der Waals surface area contributed by atoms with Crippen molar-refractivity contribution < 1.29 is 23.4 Å². The second kappa shape index (κ2) is 11.0. The van der Waals surface area contributed by atoms with E-state index in [4.69, 9.17) is 18.6 Å². The van der Waals surface area contributed by atoms with Gasteiger partial charge in [0.25, 0.3) is 0 Å². The molecule has 0 bridgehead atoms. The number of nitrogens with zero attached hydrogens (tertiary/aromatic N) is 1. The zero-order chi connectivity index (χ0) is 22.1. The van der Waals surface area contributed by atoms with Gasteiger partial charge in [-0.2, -0.15) is 0 Å². The Morgan fingerprint density at radius 2 is 1.97 bits per heavy atom. The molecule has 0 aliphatic rings. The zero-order valence-electron chi connectivity index (χ0n) is 17.9. The minimum atomic E-state index is 0.0101. The Morgan fingerprint density at radius 3 is 2.74 bits per heavy atom. The molecule has 6 heteroatoms. The van der Waals surface area contributed by atoms with Crippen molar-refractivity contribution in [3.05, 3.63) is 72.6 Å². The van der Waals surface area contributed by atoms with Crippen molar-refractivity contribution in [3.8, 4) is 28.7 Å². The number of hydrogen-bond acceptors (Lipinski definition) is 6. The quantitative estimate of drug-likeness (QED) is 0.218. The minimum Gasteiger partial charge on any atom is -0.493 e. The summed E-state index contributed by atoms with van der Waals surface area (Å²) in [7, 11) is 1.60. The van der Waals surface area contributed by atoms with E-state index in [-0.39, 0.29) is 5.78 Å². The third kappa shape index (κ3) is 5.75. The Bertz CT molecular complexity index is 1020. The van der Waals surface area contributed by atoms with Crippen LogP contribution in [0.15, 0.2) is 65.8 Å². The van der Waals surface area contributed by atoms with E-state index >= 15 is 0 Å². The number of rotatable bonds is 12. The zero-order valence-corrected chi connectivity index (χ0v) is 17.9. The van der Waals surface area contributed by atoms with Gasteiger partial charge in [0.2, 0.25) is 5.89 Å². The highest BCUT2D eigenvalue weighted by Gasteiger charge is 2.15. The lowest BCUT2D eigenvalue weighted by molar-refractivity contribution is 0.0979. The van der Waals surface area contributed by atoms with Gasteiger partial charge in [-0.3, -0.25) is 4.79 Å². The maximum absolute atomic E-state index is 12.7. The fourth-order valence-corrected chi connectivity index (χ4v) is 3.08. The number of aryl methyl sites for hydroxylation is 1. The highest BCUT2D eigenvalue weighted by Crippen LogP contribution is 2.32. The Labute approximate surface area is 182 Å². The maximum Gasteiger partial charge on any atom is 0.226 e. The largest absolute Gasteiger partial charge is 0.493 e. The van der Waals surface area contributed by atoms with Crippen LogP contribution in [0.4, 0.5) is 0 Å². The van der Waals surface area contributed by atoms with Crippen LogP contribution in [0.3, 0.4) is 0 Å². The number of para-hydroxylation sites is 1. The van der Waals surface area contributed by atoms with Gasteiger partial charge in [-0.05, 0) is 43.7 Å². The summed E-state index contributed by atoms with van der Waals surface area (Å²) in [5.74, 6) is 2.34.